The highest BCUT2D eigenvalue weighted by molar-refractivity contribution is 6.41. The number of fused-ring (bicyclic) bond motifs is 3. The number of H-pyrrole nitrogens is 1. The Hall–Kier alpha value is -2.28. The second-order valence-electron chi connectivity index (χ2n) is 6.75. The molecular weight excluding hydrogens is 411 g/mol. The Labute approximate surface area is 169 Å². The maximum absolute atomic E-state index is 12.4. The molecule has 2 heterocycles. The van der Waals surface area contributed by atoms with E-state index >= 15 is 0 Å². The maximum Gasteiger partial charge on any atom is 0.260 e. The number of carbonyl (C=O) groups excluding carboxylic acids is 2. The largest absolute Gasteiger partial charge is 0.324 e. The molecule has 0 fully saturated rings. The van der Waals surface area contributed by atoms with Gasteiger partial charge in [0.1, 0.15) is 5.52 Å². The number of aromatic nitrogens is 2. The van der Waals surface area contributed by atoms with Crippen LogP contribution in [0.4, 0.5) is 11.6 Å². The van der Waals surface area contributed by atoms with E-state index in [9.17, 15) is 9.59 Å². The number of nitrogens with one attached hydrogen (secondary N) is 3. The molecule has 2 amide bonds. The summed E-state index contributed by atoms with van der Waals surface area (Å²) in [5.41, 5.74) is 1.69. The summed E-state index contributed by atoms with van der Waals surface area (Å²) >= 11 is 18.3. The van der Waals surface area contributed by atoms with Gasteiger partial charge in [-0.2, -0.15) is 0 Å². The van der Waals surface area contributed by atoms with Gasteiger partial charge in [-0.25, -0.2) is 4.98 Å². The van der Waals surface area contributed by atoms with Crippen molar-refractivity contribution in [1.29, 1.82) is 0 Å². The standard InChI is InChI=1S/C18H13Cl3N4O2/c1-18(2)8-3-4-11-14(12(8)15(26)25-16(18)27)24-17(22-11)23-13-9(20)5-7(19)6-10(13)21/h3-6H,1-2H3,(H2,22,23,24)(H,25,26,27). The molecule has 6 nitrogen and oxygen atoms in total. The quantitative estimate of drug-likeness (QED) is 0.516. The third-order valence-electron chi connectivity index (χ3n) is 4.60. The summed E-state index contributed by atoms with van der Waals surface area (Å²) < 4.78 is 0. The average molecular weight is 424 g/mol. The lowest BCUT2D eigenvalue weighted by molar-refractivity contribution is -0.125. The molecule has 4 rings (SSSR count). The lowest BCUT2D eigenvalue weighted by atomic mass is 9.78. The minimum absolute atomic E-state index is 0.333. The van der Waals surface area contributed by atoms with Gasteiger partial charge in [-0.05, 0) is 37.6 Å². The van der Waals surface area contributed by atoms with Gasteiger partial charge in [0.05, 0.1) is 32.2 Å². The van der Waals surface area contributed by atoms with Crippen molar-refractivity contribution in [2.75, 3.05) is 5.32 Å². The lowest BCUT2D eigenvalue weighted by Gasteiger charge is -2.30. The molecular formula is C18H13Cl3N4O2. The van der Waals surface area contributed by atoms with Gasteiger partial charge in [-0.1, -0.05) is 40.9 Å². The van der Waals surface area contributed by atoms with Crippen LogP contribution in [-0.2, 0) is 10.2 Å². The van der Waals surface area contributed by atoms with Gasteiger partial charge in [0.15, 0.2) is 0 Å². The molecule has 2 aromatic carbocycles. The van der Waals surface area contributed by atoms with E-state index in [1.807, 2.05) is 0 Å². The molecule has 0 bridgehead atoms. The monoisotopic (exact) mass is 422 g/mol. The zero-order valence-corrected chi connectivity index (χ0v) is 16.5. The second kappa shape index (κ2) is 6.12. The Kier molecular flexibility index (Phi) is 4.10. The van der Waals surface area contributed by atoms with Gasteiger partial charge < -0.3 is 10.3 Å². The minimum atomic E-state index is -0.841. The minimum Gasteiger partial charge on any atom is -0.324 e. The molecule has 1 aromatic heterocycles. The number of halogens is 3. The number of carbonyl (C=O) groups is 2. The summed E-state index contributed by atoms with van der Waals surface area (Å²) in [6.45, 7) is 3.52. The fourth-order valence-electron chi connectivity index (χ4n) is 3.11. The van der Waals surface area contributed by atoms with E-state index in [0.717, 1.165) is 0 Å². The molecule has 0 saturated heterocycles. The molecule has 27 heavy (non-hydrogen) atoms. The van der Waals surface area contributed by atoms with E-state index in [1.165, 1.54) is 0 Å². The third kappa shape index (κ3) is 2.84. The zero-order valence-electron chi connectivity index (χ0n) is 14.2. The van der Waals surface area contributed by atoms with Gasteiger partial charge >= 0.3 is 0 Å². The van der Waals surface area contributed by atoms with E-state index in [2.05, 4.69) is 20.6 Å². The summed E-state index contributed by atoms with van der Waals surface area (Å²) in [7, 11) is 0. The number of nitrogens with zero attached hydrogens (tertiary/aromatic N) is 1. The van der Waals surface area contributed by atoms with Crippen LogP contribution in [0.25, 0.3) is 11.0 Å². The van der Waals surface area contributed by atoms with Crippen molar-refractivity contribution >= 4 is 69.3 Å². The number of imide groups is 1. The first-order valence-electron chi connectivity index (χ1n) is 7.99. The SMILES string of the molecule is CC1(C)C(=O)NC(=O)c2c1ccc1[nH]c(Nc3c(Cl)cc(Cl)cc3Cl)nc21. The van der Waals surface area contributed by atoms with E-state index in [0.29, 0.717) is 48.9 Å². The Morgan fingerprint density at radius 1 is 1.07 bits per heavy atom. The van der Waals surface area contributed by atoms with Crippen LogP contribution in [0.2, 0.25) is 15.1 Å². The topological polar surface area (TPSA) is 86.9 Å². The molecule has 0 atom stereocenters. The van der Waals surface area contributed by atoms with Crippen molar-refractivity contribution < 1.29 is 9.59 Å². The number of imidazole rings is 1. The number of amides is 2. The second-order valence-corrected chi connectivity index (χ2v) is 8.00. The molecule has 0 saturated carbocycles. The van der Waals surface area contributed by atoms with Crippen LogP contribution in [0.15, 0.2) is 24.3 Å². The number of aromatic amines is 1. The van der Waals surface area contributed by atoms with Crippen molar-refractivity contribution in [2.24, 2.45) is 0 Å². The number of rotatable bonds is 2. The molecule has 9 heteroatoms. The fourth-order valence-corrected chi connectivity index (χ4v) is 4.02. The molecule has 1 aliphatic rings. The molecule has 0 aliphatic carbocycles. The van der Waals surface area contributed by atoms with Crippen LogP contribution in [0.1, 0.15) is 29.8 Å². The first-order valence-corrected chi connectivity index (χ1v) is 9.12. The van der Waals surface area contributed by atoms with Crippen molar-refractivity contribution in [3.05, 3.63) is 50.5 Å². The zero-order chi connectivity index (χ0) is 19.5. The van der Waals surface area contributed by atoms with E-state index in [-0.39, 0.29) is 5.91 Å². The molecule has 0 spiro atoms. The van der Waals surface area contributed by atoms with Crippen LogP contribution in [0.3, 0.4) is 0 Å². The highest BCUT2D eigenvalue weighted by atomic mass is 35.5. The highest BCUT2D eigenvalue weighted by Gasteiger charge is 2.40. The smallest absolute Gasteiger partial charge is 0.260 e. The lowest BCUT2D eigenvalue weighted by Crippen LogP contribution is -2.48. The Morgan fingerprint density at radius 3 is 2.41 bits per heavy atom. The van der Waals surface area contributed by atoms with Gasteiger partial charge in [0.2, 0.25) is 11.9 Å². The summed E-state index contributed by atoms with van der Waals surface area (Å²) in [6.07, 6.45) is 0. The van der Waals surface area contributed by atoms with Crippen LogP contribution < -0.4 is 10.6 Å². The summed E-state index contributed by atoms with van der Waals surface area (Å²) in [5, 5.41) is 6.49. The normalized spacial score (nSPS) is 15.6. The number of hydrogen-bond acceptors (Lipinski definition) is 4. The van der Waals surface area contributed by atoms with Crippen molar-refractivity contribution in [3.63, 3.8) is 0 Å². The molecule has 138 valence electrons. The molecule has 3 aromatic rings. The van der Waals surface area contributed by atoms with E-state index < -0.39 is 11.3 Å². The van der Waals surface area contributed by atoms with E-state index in [1.54, 1.807) is 38.1 Å². The molecule has 1 aliphatic heterocycles. The Balaban J connectivity index is 1.84. The van der Waals surface area contributed by atoms with Crippen molar-refractivity contribution in [1.82, 2.24) is 15.3 Å². The maximum atomic E-state index is 12.4. The highest BCUT2D eigenvalue weighted by Crippen LogP contribution is 2.37. The summed E-state index contributed by atoms with van der Waals surface area (Å²) in [4.78, 5) is 32.2. The van der Waals surface area contributed by atoms with Crippen molar-refractivity contribution in [3.8, 4) is 0 Å². The van der Waals surface area contributed by atoms with Crippen LogP contribution in [0.5, 0.6) is 0 Å². The van der Waals surface area contributed by atoms with Crippen LogP contribution in [-0.4, -0.2) is 21.8 Å². The third-order valence-corrected chi connectivity index (χ3v) is 5.41. The Morgan fingerprint density at radius 2 is 1.74 bits per heavy atom. The van der Waals surface area contributed by atoms with Gasteiger partial charge in [-0.15, -0.1) is 0 Å². The summed E-state index contributed by atoms with van der Waals surface area (Å²) in [6, 6.07) is 6.66. The van der Waals surface area contributed by atoms with Crippen LogP contribution in [0, 0.1) is 0 Å². The van der Waals surface area contributed by atoms with Crippen LogP contribution >= 0.6 is 34.8 Å². The number of hydrogen-bond donors (Lipinski definition) is 3. The molecule has 0 radical (unpaired) electrons. The van der Waals surface area contributed by atoms with Gasteiger partial charge in [0.25, 0.3) is 5.91 Å². The van der Waals surface area contributed by atoms with Gasteiger partial charge in [-0.3, -0.25) is 14.9 Å². The summed E-state index contributed by atoms with van der Waals surface area (Å²) in [5.74, 6) is -0.458. The predicted molar refractivity (Wildman–Crippen MR) is 106 cm³/mol. The molecule has 3 N–H and O–H groups in total. The number of anilines is 2. The van der Waals surface area contributed by atoms with E-state index in [4.69, 9.17) is 34.8 Å². The molecule has 0 unspecified atom stereocenters. The first-order chi connectivity index (χ1) is 12.7. The number of benzene rings is 2. The predicted octanol–water partition coefficient (Wildman–Crippen LogP) is 4.81. The van der Waals surface area contributed by atoms with Gasteiger partial charge in [0, 0.05) is 5.02 Å². The Bertz CT molecular complexity index is 1110. The fraction of sp³-hybridized carbons (Fsp3) is 0.167. The average Bonchev–Trinajstić information content (AvgIpc) is 2.98. The van der Waals surface area contributed by atoms with Crippen molar-refractivity contribution in [2.45, 2.75) is 19.3 Å². The first kappa shape index (κ1) is 18.1.